The second-order valence-electron chi connectivity index (χ2n) is 3.74. The van der Waals surface area contributed by atoms with Gasteiger partial charge >= 0.3 is 5.97 Å². The van der Waals surface area contributed by atoms with Crippen LogP contribution in [0.2, 0.25) is 5.02 Å². The summed E-state index contributed by atoms with van der Waals surface area (Å²) < 4.78 is 4.90. The van der Waals surface area contributed by atoms with Gasteiger partial charge in [-0.05, 0) is 37.1 Å². The van der Waals surface area contributed by atoms with Crippen LogP contribution >= 0.6 is 27.5 Å². The van der Waals surface area contributed by atoms with Gasteiger partial charge < -0.3 is 4.74 Å². The van der Waals surface area contributed by atoms with Crippen LogP contribution in [0.3, 0.4) is 0 Å². The summed E-state index contributed by atoms with van der Waals surface area (Å²) in [4.78, 5) is 23.0. The molecule has 18 heavy (non-hydrogen) atoms. The summed E-state index contributed by atoms with van der Waals surface area (Å²) in [5, 5.41) is 1.43. The number of hydrogen-bond donors (Lipinski definition) is 0. The van der Waals surface area contributed by atoms with E-state index in [2.05, 4.69) is 15.9 Å². The third-order valence-corrected chi connectivity index (χ3v) is 3.11. The minimum Gasteiger partial charge on any atom is -0.457 e. The first kappa shape index (κ1) is 15.2. The maximum Gasteiger partial charge on any atom is 0.306 e. The van der Waals surface area contributed by atoms with Gasteiger partial charge in [0.1, 0.15) is 0 Å². The normalized spacial score (nSPS) is 10.1. The molecule has 0 fully saturated rings. The fourth-order valence-corrected chi connectivity index (χ4v) is 1.82. The fourth-order valence-electron chi connectivity index (χ4n) is 1.30. The number of hydrogen-bond acceptors (Lipinski definition) is 3. The quantitative estimate of drug-likeness (QED) is 0.331. The highest BCUT2D eigenvalue weighted by Crippen LogP contribution is 2.10. The highest BCUT2D eigenvalue weighted by Gasteiger charge is 2.09. The standard InChI is InChI=1S/C13H14BrClO3/c14-8-2-1-3-13(17)18-9-12(16)10-4-6-11(15)7-5-10/h4-7H,1-3,8-9H2. The number of halogens is 2. The molecule has 98 valence electrons. The average Bonchev–Trinajstić information content (AvgIpc) is 2.37. The molecule has 0 radical (unpaired) electrons. The summed E-state index contributed by atoms with van der Waals surface area (Å²) in [5.41, 5.74) is 0.493. The van der Waals surface area contributed by atoms with Gasteiger partial charge in [0, 0.05) is 22.3 Å². The van der Waals surface area contributed by atoms with Crippen LogP contribution in [0.15, 0.2) is 24.3 Å². The van der Waals surface area contributed by atoms with Crippen molar-refractivity contribution in [3.8, 4) is 0 Å². The van der Waals surface area contributed by atoms with E-state index >= 15 is 0 Å². The molecule has 3 nitrogen and oxygen atoms in total. The lowest BCUT2D eigenvalue weighted by Gasteiger charge is -2.04. The first-order valence-corrected chi connectivity index (χ1v) is 7.14. The van der Waals surface area contributed by atoms with Crippen molar-refractivity contribution in [3.05, 3.63) is 34.9 Å². The third-order valence-electron chi connectivity index (χ3n) is 2.29. The summed E-state index contributed by atoms with van der Waals surface area (Å²) in [5.74, 6) is -0.557. The number of carbonyl (C=O) groups is 2. The van der Waals surface area contributed by atoms with Gasteiger partial charge in [0.25, 0.3) is 0 Å². The zero-order valence-corrected chi connectivity index (χ0v) is 12.2. The Morgan fingerprint density at radius 3 is 2.44 bits per heavy atom. The van der Waals surface area contributed by atoms with Crippen LogP contribution in [0.4, 0.5) is 0 Å². The first-order chi connectivity index (χ1) is 8.63. The average molecular weight is 334 g/mol. The Morgan fingerprint density at radius 1 is 1.17 bits per heavy atom. The van der Waals surface area contributed by atoms with Gasteiger partial charge in [0.05, 0.1) is 0 Å². The molecule has 0 bridgehead atoms. The molecular weight excluding hydrogens is 319 g/mol. The van der Waals surface area contributed by atoms with Crippen molar-refractivity contribution in [2.75, 3.05) is 11.9 Å². The second-order valence-corrected chi connectivity index (χ2v) is 4.97. The molecule has 0 atom stereocenters. The molecule has 0 aliphatic rings. The van der Waals surface area contributed by atoms with E-state index in [4.69, 9.17) is 16.3 Å². The van der Waals surface area contributed by atoms with Crippen molar-refractivity contribution in [2.45, 2.75) is 19.3 Å². The fraction of sp³-hybridized carbons (Fsp3) is 0.385. The smallest absolute Gasteiger partial charge is 0.306 e. The lowest BCUT2D eigenvalue weighted by molar-refractivity contribution is -0.142. The van der Waals surface area contributed by atoms with Gasteiger partial charge in [-0.2, -0.15) is 0 Å². The molecular formula is C13H14BrClO3. The van der Waals surface area contributed by atoms with Gasteiger partial charge in [-0.25, -0.2) is 0 Å². The second kappa shape index (κ2) is 8.27. The van der Waals surface area contributed by atoms with Crippen LogP contribution in [0, 0.1) is 0 Å². The number of alkyl halides is 1. The largest absolute Gasteiger partial charge is 0.457 e. The Balaban J connectivity index is 2.32. The Morgan fingerprint density at radius 2 is 1.83 bits per heavy atom. The van der Waals surface area contributed by atoms with Gasteiger partial charge in [-0.1, -0.05) is 27.5 Å². The summed E-state index contributed by atoms with van der Waals surface area (Å²) in [7, 11) is 0. The highest BCUT2D eigenvalue weighted by molar-refractivity contribution is 9.09. The van der Waals surface area contributed by atoms with Crippen LogP contribution in [0.1, 0.15) is 29.6 Å². The van der Waals surface area contributed by atoms with Crippen LogP contribution in [-0.4, -0.2) is 23.7 Å². The Hall–Kier alpha value is -0.870. The molecule has 0 saturated heterocycles. The summed E-state index contributed by atoms with van der Waals surface area (Å²) in [6.45, 7) is -0.214. The van der Waals surface area contributed by atoms with E-state index < -0.39 is 0 Å². The Bertz CT molecular complexity index is 403. The minimum atomic E-state index is -0.335. The number of unbranched alkanes of at least 4 members (excludes halogenated alkanes) is 1. The number of ketones is 1. The molecule has 0 heterocycles. The number of rotatable bonds is 7. The number of Topliss-reactive ketones (excluding diaryl/α,β-unsaturated/α-hetero) is 1. The lowest BCUT2D eigenvalue weighted by atomic mass is 10.1. The lowest BCUT2D eigenvalue weighted by Crippen LogP contribution is -2.13. The van der Waals surface area contributed by atoms with E-state index in [1.807, 2.05) is 0 Å². The molecule has 0 saturated carbocycles. The van der Waals surface area contributed by atoms with E-state index in [1.165, 1.54) is 0 Å². The molecule has 5 heteroatoms. The van der Waals surface area contributed by atoms with Gasteiger partial charge in [0.2, 0.25) is 0 Å². The monoisotopic (exact) mass is 332 g/mol. The van der Waals surface area contributed by atoms with Crippen molar-refractivity contribution < 1.29 is 14.3 Å². The molecule has 0 aromatic heterocycles. The molecule has 0 N–H and O–H groups in total. The molecule has 0 aliphatic carbocycles. The van der Waals surface area contributed by atoms with Crippen LogP contribution in [0.5, 0.6) is 0 Å². The van der Waals surface area contributed by atoms with E-state index in [1.54, 1.807) is 24.3 Å². The van der Waals surface area contributed by atoms with Gasteiger partial charge in [-0.3, -0.25) is 9.59 Å². The van der Waals surface area contributed by atoms with Crippen molar-refractivity contribution >= 4 is 39.3 Å². The zero-order valence-electron chi connectivity index (χ0n) is 9.83. The molecule has 0 amide bonds. The number of esters is 1. The summed E-state index contributed by atoms with van der Waals surface area (Å²) in [6.07, 6.45) is 2.03. The molecule has 0 spiro atoms. The van der Waals surface area contributed by atoms with Crippen molar-refractivity contribution in [1.82, 2.24) is 0 Å². The maximum atomic E-state index is 11.7. The van der Waals surface area contributed by atoms with Gasteiger partial charge in [0.15, 0.2) is 12.4 Å². The van der Waals surface area contributed by atoms with E-state index in [0.717, 1.165) is 18.2 Å². The molecule has 1 aromatic carbocycles. The third kappa shape index (κ3) is 5.65. The predicted octanol–water partition coefficient (Wildman–Crippen LogP) is 3.63. The van der Waals surface area contributed by atoms with E-state index in [9.17, 15) is 9.59 Å². The Kier molecular flexibility index (Phi) is 6.98. The molecule has 1 rings (SSSR count). The minimum absolute atomic E-state index is 0.214. The SMILES string of the molecule is O=C(CCCCBr)OCC(=O)c1ccc(Cl)cc1. The van der Waals surface area contributed by atoms with Crippen molar-refractivity contribution in [1.29, 1.82) is 0 Å². The number of ether oxygens (including phenoxy) is 1. The highest BCUT2D eigenvalue weighted by atomic mass is 79.9. The van der Waals surface area contributed by atoms with E-state index in [-0.39, 0.29) is 18.4 Å². The topological polar surface area (TPSA) is 43.4 Å². The van der Waals surface area contributed by atoms with Crippen molar-refractivity contribution in [2.24, 2.45) is 0 Å². The first-order valence-electron chi connectivity index (χ1n) is 5.64. The summed E-state index contributed by atoms with van der Waals surface area (Å²) in [6, 6.07) is 6.49. The van der Waals surface area contributed by atoms with Crippen LogP contribution in [-0.2, 0) is 9.53 Å². The van der Waals surface area contributed by atoms with Gasteiger partial charge in [-0.15, -0.1) is 0 Å². The molecule has 0 aliphatic heterocycles. The Labute approximate surface area is 120 Å². The zero-order chi connectivity index (χ0) is 13.4. The van der Waals surface area contributed by atoms with E-state index in [0.29, 0.717) is 17.0 Å². The maximum absolute atomic E-state index is 11.7. The van der Waals surface area contributed by atoms with Crippen LogP contribution in [0.25, 0.3) is 0 Å². The molecule has 0 unspecified atom stereocenters. The number of benzene rings is 1. The number of carbonyl (C=O) groups excluding carboxylic acids is 2. The predicted molar refractivity (Wildman–Crippen MR) is 74.4 cm³/mol. The van der Waals surface area contributed by atoms with Crippen molar-refractivity contribution in [3.63, 3.8) is 0 Å². The van der Waals surface area contributed by atoms with Crippen LogP contribution < -0.4 is 0 Å². The molecule has 1 aromatic rings. The summed E-state index contributed by atoms with van der Waals surface area (Å²) >= 11 is 9.00.